The zero-order chi connectivity index (χ0) is 12.8. The van der Waals surface area contributed by atoms with Gasteiger partial charge in [-0.3, -0.25) is 0 Å². The third-order valence-corrected chi connectivity index (χ3v) is 3.38. The van der Waals surface area contributed by atoms with Gasteiger partial charge in [0.05, 0.1) is 6.61 Å². The Kier molecular flexibility index (Phi) is 5.90. The van der Waals surface area contributed by atoms with E-state index in [2.05, 4.69) is 33.0 Å². The molecular formula is C14H29NO2. The molecule has 1 unspecified atom stereocenters. The molecule has 0 saturated carbocycles. The molecule has 17 heavy (non-hydrogen) atoms. The van der Waals surface area contributed by atoms with E-state index < -0.39 is 0 Å². The minimum Gasteiger partial charge on any atom is -0.382 e. The molecule has 0 spiro atoms. The molecule has 1 heterocycles. The van der Waals surface area contributed by atoms with Gasteiger partial charge >= 0.3 is 0 Å². The second-order valence-electron chi connectivity index (χ2n) is 6.21. The van der Waals surface area contributed by atoms with Crippen LogP contribution in [0.25, 0.3) is 0 Å². The maximum absolute atomic E-state index is 5.60. The molecule has 0 aliphatic carbocycles. The lowest BCUT2D eigenvalue weighted by molar-refractivity contribution is 0.108. The highest BCUT2D eigenvalue weighted by molar-refractivity contribution is 4.87. The van der Waals surface area contributed by atoms with Crippen LogP contribution in [-0.4, -0.2) is 38.5 Å². The maximum atomic E-state index is 5.60. The van der Waals surface area contributed by atoms with Gasteiger partial charge in [0.1, 0.15) is 0 Å². The molecular weight excluding hydrogens is 214 g/mol. The molecule has 1 saturated heterocycles. The Balaban J connectivity index is 2.34. The van der Waals surface area contributed by atoms with Crippen molar-refractivity contribution in [3.05, 3.63) is 0 Å². The highest BCUT2D eigenvalue weighted by Crippen LogP contribution is 2.33. The Labute approximate surface area is 106 Å². The third kappa shape index (κ3) is 5.84. The van der Waals surface area contributed by atoms with E-state index in [1.807, 2.05) is 0 Å². The molecule has 1 aliphatic heterocycles. The summed E-state index contributed by atoms with van der Waals surface area (Å²) in [5, 5.41) is 3.62. The van der Waals surface area contributed by atoms with Gasteiger partial charge in [-0.1, -0.05) is 0 Å². The van der Waals surface area contributed by atoms with E-state index >= 15 is 0 Å². The van der Waals surface area contributed by atoms with Crippen LogP contribution in [0.2, 0.25) is 0 Å². The van der Waals surface area contributed by atoms with Crippen LogP contribution in [0.5, 0.6) is 0 Å². The molecule has 1 N–H and O–H groups in total. The van der Waals surface area contributed by atoms with Gasteiger partial charge in [0.2, 0.25) is 0 Å². The molecule has 0 aromatic heterocycles. The molecule has 3 heteroatoms. The normalized spacial score (nSPS) is 25.4. The van der Waals surface area contributed by atoms with Crippen molar-refractivity contribution < 1.29 is 9.47 Å². The van der Waals surface area contributed by atoms with Crippen LogP contribution < -0.4 is 5.32 Å². The highest BCUT2D eigenvalue weighted by atomic mass is 16.5. The quantitative estimate of drug-likeness (QED) is 0.697. The Hall–Kier alpha value is -0.120. The Morgan fingerprint density at radius 1 is 1.35 bits per heavy atom. The lowest BCUT2D eigenvalue weighted by Gasteiger charge is -2.32. The molecule has 0 amide bonds. The fourth-order valence-electron chi connectivity index (χ4n) is 2.22. The van der Waals surface area contributed by atoms with Gasteiger partial charge in [-0.2, -0.15) is 0 Å². The molecule has 3 nitrogen and oxygen atoms in total. The third-order valence-electron chi connectivity index (χ3n) is 3.38. The van der Waals surface area contributed by atoms with Crippen LogP contribution in [0.1, 0.15) is 47.0 Å². The zero-order valence-electron chi connectivity index (χ0n) is 12.0. The number of ether oxygens (including phenoxy) is 2. The van der Waals surface area contributed by atoms with Crippen LogP contribution in [0.3, 0.4) is 0 Å². The van der Waals surface area contributed by atoms with E-state index in [0.29, 0.717) is 5.41 Å². The second-order valence-corrected chi connectivity index (χ2v) is 6.21. The first-order valence-electron chi connectivity index (χ1n) is 6.88. The van der Waals surface area contributed by atoms with Crippen LogP contribution >= 0.6 is 0 Å². The van der Waals surface area contributed by atoms with E-state index in [4.69, 9.17) is 9.47 Å². The summed E-state index contributed by atoms with van der Waals surface area (Å²) in [7, 11) is 0. The summed E-state index contributed by atoms with van der Waals surface area (Å²) in [5.41, 5.74) is 0.528. The lowest BCUT2D eigenvalue weighted by atomic mass is 9.82. The van der Waals surface area contributed by atoms with Crippen LogP contribution in [0, 0.1) is 5.41 Å². The summed E-state index contributed by atoms with van der Waals surface area (Å²) in [6.45, 7) is 13.3. The highest BCUT2D eigenvalue weighted by Gasteiger charge is 2.35. The van der Waals surface area contributed by atoms with Crippen molar-refractivity contribution in [1.29, 1.82) is 0 Å². The average Bonchev–Trinajstić information content (AvgIpc) is 2.71. The van der Waals surface area contributed by atoms with Crippen molar-refractivity contribution in [3.63, 3.8) is 0 Å². The second kappa shape index (κ2) is 6.72. The number of nitrogens with one attached hydrogen (secondary N) is 1. The van der Waals surface area contributed by atoms with Crippen LogP contribution in [0.4, 0.5) is 0 Å². The largest absolute Gasteiger partial charge is 0.382 e. The van der Waals surface area contributed by atoms with Gasteiger partial charge in [-0.05, 0) is 47.0 Å². The first-order chi connectivity index (χ1) is 7.97. The van der Waals surface area contributed by atoms with Gasteiger partial charge in [-0.25, -0.2) is 0 Å². The summed E-state index contributed by atoms with van der Waals surface area (Å²) >= 11 is 0. The maximum Gasteiger partial charge on any atom is 0.0535 e. The summed E-state index contributed by atoms with van der Waals surface area (Å²) in [4.78, 5) is 0. The monoisotopic (exact) mass is 243 g/mol. The van der Waals surface area contributed by atoms with Gasteiger partial charge in [0.15, 0.2) is 0 Å². The fourth-order valence-corrected chi connectivity index (χ4v) is 2.22. The van der Waals surface area contributed by atoms with Crippen LogP contribution in [-0.2, 0) is 9.47 Å². The molecule has 0 aromatic carbocycles. The minimum atomic E-state index is 0.190. The predicted octanol–water partition coefficient (Wildman–Crippen LogP) is 2.60. The Morgan fingerprint density at radius 3 is 2.65 bits per heavy atom. The van der Waals surface area contributed by atoms with Crippen LogP contribution in [0.15, 0.2) is 0 Å². The molecule has 0 radical (unpaired) electrons. The SMILES string of the molecule is CCOCCCC1(CNC(C)(C)C)CCOC1. The standard InChI is InChI=1S/C14H29NO2/c1-5-16-9-6-7-14(8-10-17-12-14)11-15-13(2,3)4/h15H,5-12H2,1-4H3. The van der Waals surface area contributed by atoms with E-state index in [1.165, 1.54) is 12.8 Å². The van der Waals surface area contributed by atoms with Crippen molar-refractivity contribution in [2.45, 2.75) is 52.5 Å². The minimum absolute atomic E-state index is 0.190. The Morgan fingerprint density at radius 2 is 2.12 bits per heavy atom. The summed E-state index contributed by atoms with van der Waals surface area (Å²) in [6, 6.07) is 0. The van der Waals surface area contributed by atoms with Gasteiger partial charge in [-0.15, -0.1) is 0 Å². The lowest BCUT2D eigenvalue weighted by Crippen LogP contribution is -2.44. The molecule has 102 valence electrons. The van der Waals surface area contributed by atoms with E-state index in [0.717, 1.165) is 39.4 Å². The van der Waals surface area contributed by atoms with E-state index in [9.17, 15) is 0 Å². The number of hydrogen-bond donors (Lipinski definition) is 1. The van der Waals surface area contributed by atoms with Gasteiger partial charge in [0.25, 0.3) is 0 Å². The van der Waals surface area contributed by atoms with Crippen molar-refractivity contribution >= 4 is 0 Å². The van der Waals surface area contributed by atoms with Gasteiger partial charge < -0.3 is 14.8 Å². The Bertz CT molecular complexity index is 205. The first-order valence-corrected chi connectivity index (χ1v) is 6.88. The summed E-state index contributed by atoms with van der Waals surface area (Å²) in [6.07, 6.45) is 3.53. The summed E-state index contributed by atoms with van der Waals surface area (Å²) < 4.78 is 11.0. The molecule has 0 aromatic rings. The van der Waals surface area contributed by atoms with Crippen molar-refractivity contribution in [2.75, 3.05) is 33.0 Å². The topological polar surface area (TPSA) is 30.5 Å². The molecule has 1 rings (SSSR count). The van der Waals surface area contributed by atoms with Gasteiger partial charge in [0, 0.05) is 37.3 Å². The predicted molar refractivity (Wildman–Crippen MR) is 71.4 cm³/mol. The molecule has 0 bridgehead atoms. The fraction of sp³-hybridized carbons (Fsp3) is 1.00. The molecule has 1 aliphatic rings. The molecule has 1 atom stereocenters. The number of rotatable bonds is 7. The first kappa shape index (κ1) is 14.9. The summed E-state index contributed by atoms with van der Waals surface area (Å²) in [5.74, 6) is 0. The van der Waals surface area contributed by atoms with Crippen molar-refractivity contribution in [2.24, 2.45) is 5.41 Å². The molecule has 1 fully saturated rings. The van der Waals surface area contributed by atoms with Crippen molar-refractivity contribution in [1.82, 2.24) is 5.32 Å². The smallest absolute Gasteiger partial charge is 0.0535 e. The average molecular weight is 243 g/mol. The van der Waals surface area contributed by atoms with E-state index in [-0.39, 0.29) is 5.54 Å². The van der Waals surface area contributed by atoms with Crippen molar-refractivity contribution in [3.8, 4) is 0 Å². The van der Waals surface area contributed by atoms with E-state index in [1.54, 1.807) is 0 Å². The zero-order valence-corrected chi connectivity index (χ0v) is 12.0. The number of hydrogen-bond acceptors (Lipinski definition) is 3.